The molecule has 8 heteroatoms. The summed E-state index contributed by atoms with van der Waals surface area (Å²) >= 11 is 0. The number of ether oxygens (including phenoxy) is 1. The Kier molecular flexibility index (Phi) is 6.84. The van der Waals surface area contributed by atoms with Gasteiger partial charge in [-0.3, -0.25) is 9.69 Å². The van der Waals surface area contributed by atoms with Gasteiger partial charge in [-0.05, 0) is 63.1 Å². The molecule has 0 saturated heterocycles. The molecule has 0 radical (unpaired) electrons. The van der Waals surface area contributed by atoms with Crippen molar-refractivity contribution in [1.82, 2.24) is 14.8 Å². The molecule has 0 aliphatic heterocycles. The van der Waals surface area contributed by atoms with Crippen molar-refractivity contribution in [1.29, 1.82) is 0 Å². The van der Waals surface area contributed by atoms with Gasteiger partial charge in [0.15, 0.2) is 11.4 Å². The summed E-state index contributed by atoms with van der Waals surface area (Å²) in [5.74, 6) is 0.381. The fraction of sp³-hybridized carbons (Fsp3) is 0.357. The molecule has 0 unspecified atom stereocenters. The van der Waals surface area contributed by atoms with Crippen LogP contribution in [0.15, 0.2) is 59.1 Å². The van der Waals surface area contributed by atoms with Crippen LogP contribution in [0.5, 0.6) is 0 Å². The van der Waals surface area contributed by atoms with E-state index >= 15 is 0 Å². The van der Waals surface area contributed by atoms with Gasteiger partial charge in [0.25, 0.3) is 0 Å². The number of benzene rings is 2. The first-order valence-corrected chi connectivity index (χ1v) is 12.6. The van der Waals surface area contributed by atoms with E-state index in [0.717, 1.165) is 54.5 Å². The fourth-order valence-electron chi connectivity index (χ4n) is 4.78. The van der Waals surface area contributed by atoms with E-state index in [1.165, 1.54) is 0 Å². The molecule has 8 nitrogen and oxygen atoms in total. The number of hydrogen-bond acceptors (Lipinski definition) is 6. The van der Waals surface area contributed by atoms with E-state index in [0.29, 0.717) is 18.3 Å². The largest absolute Gasteiger partial charge is 0.462 e. The number of esters is 1. The molecule has 2 heterocycles. The highest BCUT2D eigenvalue weighted by atomic mass is 16.5. The molecule has 2 aromatic carbocycles. The van der Waals surface area contributed by atoms with Crippen molar-refractivity contribution < 1.29 is 18.7 Å². The van der Waals surface area contributed by atoms with E-state index in [9.17, 15) is 9.59 Å². The lowest BCUT2D eigenvalue weighted by Gasteiger charge is -2.27. The number of carbonyl (C=O) groups excluding carboxylic acids is 2. The van der Waals surface area contributed by atoms with E-state index in [2.05, 4.69) is 10.1 Å². The van der Waals surface area contributed by atoms with E-state index in [1.54, 1.807) is 22.7 Å². The molecule has 0 bridgehead atoms. The van der Waals surface area contributed by atoms with Gasteiger partial charge in [0.05, 0.1) is 12.3 Å². The number of amides is 1. The smallest absolute Gasteiger partial charge is 0.343 e. The van der Waals surface area contributed by atoms with Crippen molar-refractivity contribution in [3.8, 4) is 17.1 Å². The number of aromatic nitrogens is 3. The van der Waals surface area contributed by atoms with Crippen LogP contribution in [-0.4, -0.2) is 39.8 Å². The number of oxazole rings is 1. The Balaban J connectivity index is 1.47. The predicted octanol–water partition coefficient (Wildman–Crippen LogP) is 5.79. The lowest BCUT2D eigenvalue weighted by molar-refractivity contribution is -0.123. The van der Waals surface area contributed by atoms with Gasteiger partial charge in [-0.15, -0.1) is 5.10 Å². The summed E-state index contributed by atoms with van der Waals surface area (Å²) in [6.07, 6.45) is 6.67. The Morgan fingerprint density at radius 2 is 1.81 bits per heavy atom. The molecule has 0 atom stereocenters. The van der Waals surface area contributed by atoms with Crippen LogP contribution in [0.2, 0.25) is 0 Å². The Bertz CT molecular complexity index is 1330. The van der Waals surface area contributed by atoms with E-state index < -0.39 is 5.97 Å². The maximum Gasteiger partial charge on any atom is 0.343 e. The summed E-state index contributed by atoms with van der Waals surface area (Å²) in [5.41, 5.74) is 3.39. The molecule has 1 aliphatic carbocycles. The standard InChI is InChI=1S/C28H30N4O4/c1-3-31(27(33)20-10-6-5-7-11-20)25-22(28(34)35-4-2)18-32(30-25)21-16-14-19(15-17-21)26-29-23-12-8-9-13-24(23)36-26/h8-9,12-18,20H,3-7,10-11H2,1-2H3. The molecule has 186 valence electrons. The third kappa shape index (κ3) is 4.63. The number of hydrogen-bond donors (Lipinski definition) is 0. The van der Waals surface area contributed by atoms with Gasteiger partial charge >= 0.3 is 5.97 Å². The first-order valence-electron chi connectivity index (χ1n) is 12.6. The highest BCUT2D eigenvalue weighted by Crippen LogP contribution is 2.30. The third-order valence-electron chi connectivity index (χ3n) is 6.66. The van der Waals surface area contributed by atoms with Gasteiger partial charge in [-0.25, -0.2) is 14.5 Å². The van der Waals surface area contributed by atoms with Crippen molar-refractivity contribution in [3.63, 3.8) is 0 Å². The maximum absolute atomic E-state index is 13.4. The average molecular weight is 487 g/mol. The van der Waals surface area contributed by atoms with Crippen molar-refractivity contribution in [2.45, 2.75) is 46.0 Å². The number of rotatable bonds is 7. The molecular weight excluding hydrogens is 456 g/mol. The Morgan fingerprint density at radius 3 is 2.50 bits per heavy atom. The van der Waals surface area contributed by atoms with Crippen LogP contribution in [0.4, 0.5) is 5.82 Å². The van der Waals surface area contributed by atoms with E-state index in [4.69, 9.17) is 9.15 Å². The van der Waals surface area contributed by atoms with Crippen LogP contribution in [0.1, 0.15) is 56.3 Å². The molecule has 0 spiro atoms. The third-order valence-corrected chi connectivity index (χ3v) is 6.66. The lowest BCUT2D eigenvalue weighted by atomic mass is 9.88. The van der Waals surface area contributed by atoms with Gasteiger partial charge < -0.3 is 9.15 Å². The highest BCUT2D eigenvalue weighted by Gasteiger charge is 2.31. The van der Waals surface area contributed by atoms with Crippen LogP contribution in [0, 0.1) is 5.92 Å². The minimum Gasteiger partial charge on any atom is -0.462 e. The molecule has 36 heavy (non-hydrogen) atoms. The summed E-state index contributed by atoms with van der Waals surface area (Å²) in [7, 11) is 0. The molecule has 0 N–H and O–H groups in total. The molecular formula is C28H30N4O4. The Labute approximate surface area is 209 Å². The van der Waals surface area contributed by atoms with Crippen molar-refractivity contribution in [3.05, 3.63) is 60.3 Å². The predicted molar refractivity (Wildman–Crippen MR) is 137 cm³/mol. The summed E-state index contributed by atoms with van der Waals surface area (Å²) < 4.78 is 12.8. The number of carbonyl (C=O) groups is 2. The normalized spacial score (nSPS) is 14.2. The van der Waals surface area contributed by atoms with Gasteiger partial charge in [-0.2, -0.15) is 0 Å². The number of fused-ring (bicyclic) bond motifs is 1. The van der Waals surface area contributed by atoms with Crippen LogP contribution in [0.25, 0.3) is 28.2 Å². The molecule has 1 aliphatic rings. The number of anilines is 1. The topological polar surface area (TPSA) is 90.5 Å². The highest BCUT2D eigenvalue weighted by molar-refractivity contribution is 6.02. The Morgan fingerprint density at radius 1 is 1.06 bits per heavy atom. The van der Waals surface area contributed by atoms with Crippen molar-refractivity contribution in [2.24, 2.45) is 5.92 Å². The zero-order valence-electron chi connectivity index (χ0n) is 20.6. The first-order chi connectivity index (χ1) is 17.6. The molecule has 1 fully saturated rings. The second kappa shape index (κ2) is 10.4. The number of para-hydroxylation sites is 2. The van der Waals surface area contributed by atoms with Gasteiger partial charge in [0.2, 0.25) is 11.8 Å². The number of nitrogens with zero attached hydrogens (tertiary/aromatic N) is 4. The van der Waals surface area contributed by atoms with Crippen LogP contribution < -0.4 is 4.90 Å². The van der Waals surface area contributed by atoms with Crippen molar-refractivity contribution in [2.75, 3.05) is 18.1 Å². The summed E-state index contributed by atoms with van der Waals surface area (Å²) in [4.78, 5) is 32.4. The monoisotopic (exact) mass is 486 g/mol. The maximum atomic E-state index is 13.4. The summed E-state index contributed by atoms with van der Waals surface area (Å²) in [5, 5.41) is 4.69. The average Bonchev–Trinajstić information content (AvgIpc) is 3.55. The second-order valence-electron chi connectivity index (χ2n) is 8.98. The minimum absolute atomic E-state index is 0.0271. The first kappa shape index (κ1) is 23.8. The second-order valence-corrected chi connectivity index (χ2v) is 8.98. The summed E-state index contributed by atoms with van der Waals surface area (Å²) in [6.45, 7) is 4.34. The summed E-state index contributed by atoms with van der Waals surface area (Å²) in [6, 6.07) is 15.2. The molecule has 2 aromatic heterocycles. The lowest BCUT2D eigenvalue weighted by Crippen LogP contribution is -2.38. The fourth-order valence-corrected chi connectivity index (χ4v) is 4.78. The van der Waals surface area contributed by atoms with Gasteiger partial charge in [0.1, 0.15) is 11.1 Å². The van der Waals surface area contributed by atoms with Crippen LogP contribution >= 0.6 is 0 Å². The van der Waals surface area contributed by atoms with Crippen LogP contribution in [0.3, 0.4) is 0 Å². The molecule has 1 saturated carbocycles. The molecule has 1 amide bonds. The van der Waals surface area contributed by atoms with E-state index in [-0.39, 0.29) is 24.0 Å². The molecule has 4 aromatic rings. The molecule has 5 rings (SSSR count). The quantitative estimate of drug-likeness (QED) is 0.307. The Hall–Kier alpha value is -3.94. The van der Waals surface area contributed by atoms with Crippen molar-refractivity contribution >= 4 is 28.8 Å². The minimum atomic E-state index is -0.489. The van der Waals surface area contributed by atoms with E-state index in [1.807, 2.05) is 55.5 Å². The zero-order chi connectivity index (χ0) is 25.1. The van der Waals surface area contributed by atoms with Gasteiger partial charge in [0, 0.05) is 24.2 Å². The van der Waals surface area contributed by atoms with Gasteiger partial charge in [-0.1, -0.05) is 31.4 Å². The SMILES string of the molecule is CCOC(=O)c1cn(-c2ccc(-c3nc4ccccc4o3)cc2)nc1N(CC)C(=O)C1CCCCC1. The zero-order valence-corrected chi connectivity index (χ0v) is 20.6. The van der Waals surface area contributed by atoms with Crippen LogP contribution in [-0.2, 0) is 9.53 Å².